The van der Waals surface area contributed by atoms with Crippen LogP contribution < -0.4 is 0 Å². The van der Waals surface area contributed by atoms with Gasteiger partial charge in [-0.25, -0.2) is 0 Å². The molecule has 0 heterocycles. The van der Waals surface area contributed by atoms with E-state index in [0.717, 1.165) is 15.6 Å². The van der Waals surface area contributed by atoms with Gasteiger partial charge in [0.2, 0.25) is 5.91 Å². The highest BCUT2D eigenvalue weighted by Crippen LogP contribution is 2.32. The second-order valence-electron chi connectivity index (χ2n) is 4.46. The molecule has 0 aliphatic carbocycles. The van der Waals surface area contributed by atoms with E-state index in [1.165, 1.54) is 0 Å². The Bertz CT molecular complexity index is 568. The summed E-state index contributed by atoms with van der Waals surface area (Å²) in [6.07, 6.45) is 0. The first-order valence-corrected chi connectivity index (χ1v) is 6.93. The summed E-state index contributed by atoms with van der Waals surface area (Å²) in [5.74, 6) is 0.0459. The van der Waals surface area contributed by atoms with Crippen LogP contribution in [0.2, 0.25) is 0 Å². The molecule has 0 N–H and O–H groups in total. The van der Waals surface area contributed by atoms with Gasteiger partial charge in [0.15, 0.2) is 0 Å². The summed E-state index contributed by atoms with van der Waals surface area (Å²) in [5.41, 5.74) is 2.19. The van der Waals surface area contributed by atoms with Crippen LogP contribution >= 0.6 is 15.9 Å². The van der Waals surface area contributed by atoms with Crippen molar-refractivity contribution in [3.63, 3.8) is 0 Å². The van der Waals surface area contributed by atoms with Gasteiger partial charge in [-0.1, -0.05) is 64.5 Å². The zero-order valence-corrected chi connectivity index (χ0v) is 12.6. The van der Waals surface area contributed by atoms with Crippen LogP contribution in [0.15, 0.2) is 59.1 Å². The lowest BCUT2D eigenvalue weighted by atomic mass is 9.97. The first-order chi connectivity index (χ1) is 9.11. The van der Waals surface area contributed by atoms with Crippen molar-refractivity contribution in [1.82, 2.24) is 4.90 Å². The molecule has 19 heavy (non-hydrogen) atoms. The van der Waals surface area contributed by atoms with Crippen molar-refractivity contribution < 1.29 is 4.79 Å². The zero-order chi connectivity index (χ0) is 13.8. The Hall–Kier alpha value is -1.61. The molecule has 1 unspecified atom stereocenters. The largest absolute Gasteiger partial charge is 0.335 e. The van der Waals surface area contributed by atoms with Crippen LogP contribution in [0, 0.1) is 0 Å². The fourth-order valence-electron chi connectivity index (χ4n) is 2.13. The molecule has 98 valence electrons. The molecule has 0 spiro atoms. The van der Waals surface area contributed by atoms with Gasteiger partial charge in [0, 0.05) is 18.4 Å². The maximum atomic E-state index is 11.8. The zero-order valence-electron chi connectivity index (χ0n) is 11.0. The highest BCUT2D eigenvalue weighted by atomic mass is 79.9. The summed E-state index contributed by atoms with van der Waals surface area (Å²) >= 11 is 3.57. The monoisotopic (exact) mass is 317 g/mol. The van der Waals surface area contributed by atoms with Crippen LogP contribution in [0.3, 0.4) is 0 Å². The Morgan fingerprint density at radius 1 is 1.05 bits per heavy atom. The number of carbonyl (C=O) groups excluding carboxylic acids is 1. The number of hydrogen-bond donors (Lipinski definition) is 0. The lowest BCUT2D eigenvalue weighted by Gasteiger charge is -2.29. The van der Waals surface area contributed by atoms with E-state index in [2.05, 4.69) is 15.9 Å². The normalized spacial score (nSPS) is 11.9. The number of amides is 1. The Balaban J connectivity index is 2.53. The third kappa shape index (κ3) is 3.04. The van der Waals surface area contributed by atoms with E-state index < -0.39 is 0 Å². The molecular formula is C16H16BrNO. The number of nitrogens with zero attached hydrogens (tertiary/aromatic N) is 1. The predicted octanol–water partition coefficient (Wildman–Crippen LogP) is 4.02. The molecule has 0 saturated heterocycles. The minimum absolute atomic E-state index is 0.0459. The first-order valence-electron chi connectivity index (χ1n) is 6.14. The van der Waals surface area contributed by atoms with Crippen LogP contribution in [0.4, 0.5) is 0 Å². The summed E-state index contributed by atoms with van der Waals surface area (Å²) in [6.45, 7) is 1.59. The molecule has 0 aromatic heterocycles. The Labute approximate surface area is 122 Å². The number of benzene rings is 2. The van der Waals surface area contributed by atoms with Gasteiger partial charge in [-0.05, 0) is 17.2 Å². The van der Waals surface area contributed by atoms with E-state index in [9.17, 15) is 4.79 Å². The van der Waals surface area contributed by atoms with Gasteiger partial charge < -0.3 is 4.90 Å². The minimum atomic E-state index is -0.0747. The molecular weight excluding hydrogens is 302 g/mol. The number of hydrogen-bond acceptors (Lipinski definition) is 1. The van der Waals surface area contributed by atoms with Crippen molar-refractivity contribution in [2.45, 2.75) is 13.0 Å². The van der Waals surface area contributed by atoms with E-state index in [4.69, 9.17) is 0 Å². The fourth-order valence-corrected chi connectivity index (χ4v) is 2.63. The standard InChI is InChI=1S/C16H16BrNO/c1-12(19)18(2)16(13-8-4-3-5-9-13)14-10-6-7-11-15(14)17/h3-11,16H,1-2H3. The average Bonchev–Trinajstić information content (AvgIpc) is 2.42. The minimum Gasteiger partial charge on any atom is -0.335 e. The quantitative estimate of drug-likeness (QED) is 0.837. The van der Waals surface area contributed by atoms with Crippen LogP contribution in [0.5, 0.6) is 0 Å². The third-order valence-electron chi connectivity index (χ3n) is 3.20. The van der Waals surface area contributed by atoms with Crippen molar-refractivity contribution in [1.29, 1.82) is 0 Å². The van der Waals surface area contributed by atoms with Crippen molar-refractivity contribution in [2.75, 3.05) is 7.05 Å². The maximum absolute atomic E-state index is 11.8. The first kappa shape index (κ1) is 13.8. The highest BCUT2D eigenvalue weighted by molar-refractivity contribution is 9.10. The van der Waals surface area contributed by atoms with Gasteiger partial charge in [-0.15, -0.1) is 0 Å². The van der Waals surface area contributed by atoms with E-state index in [-0.39, 0.29) is 11.9 Å². The van der Waals surface area contributed by atoms with Gasteiger partial charge in [-0.3, -0.25) is 4.79 Å². The molecule has 3 heteroatoms. The molecule has 1 atom stereocenters. The fraction of sp³-hybridized carbons (Fsp3) is 0.188. The molecule has 0 saturated carbocycles. The van der Waals surface area contributed by atoms with Gasteiger partial charge in [0.05, 0.1) is 6.04 Å². The highest BCUT2D eigenvalue weighted by Gasteiger charge is 2.22. The molecule has 0 fully saturated rings. The number of rotatable bonds is 3. The topological polar surface area (TPSA) is 20.3 Å². The number of carbonyl (C=O) groups is 1. The second kappa shape index (κ2) is 6.02. The van der Waals surface area contributed by atoms with Gasteiger partial charge >= 0.3 is 0 Å². The van der Waals surface area contributed by atoms with Gasteiger partial charge in [-0.2, -0.15) is 0 Å². The molecule has 2 aromatic rings. The van der Waals surface area contributed by atoms with Crippen molar-refractivity contribution in [3.8, 4) is 0 Å². The summed E-state index contributed by atoms with van der Waals surface area (Å²) in [4.78, 5) is 13.5. The van der Waals surface area contributed by atoms with E-state index >= 15 is 0 Å². The van der Waals surface area contributed by atoms with E-state index in [1.54, 1.807) is 11.8 Å². The Morgan fingerprint density at radius 3 is 2.21 bits per heavy atom. The summed E-state index contributed by atoms with van der Waals surface area (Å²) < 4.78 is 1.01. The molecule has 0 aliphatic rings. The lowest BCUT2D eigenvalue weighted by molar-refractivity contribution is -0.129. The van der Waals surface area contributed by atoms with Crippen LogP contribution in [-0.4, -0.2) is 17.9 Å². The lowest BCUT2D eigenvalue weighted by Crippen LogP contribution is -2.30. The Morgan fingerprint density at radius 2 is 1.63 bits per heavy atom. The molecule has 0 bridgehead atoms. The summed E-state index contributed by atoms with van der Waals surface area (Å²) in [7, 11) is 1.83. The molecule has 0 radical (unpaired) electrons. The van der Waals surface area contributed by atoms with Crippen LogP contribution in [0.25, 0.3) is 0 Å². The number of halogens is 1. The third-order valence-corrected chi connectivity index (χ3v) is 3.92. The second-order valence-corrected chi connectivity index (χ2v) is 5.32. The SMILES string of the molecule is CC(=O)N(C)C(c1ccccc1)c1ccccc1Br. The molecule has 2 rings (SSSR count). The van der Waals surface area contributed by atoms with Crippen molar-refractivity contribution in [2.24, 2.45) is 0 Å². The molecule has 1 amide bonds. The van der Waals surface area contributed by atoms with Crippen LogP contribution in [0.1, 0.15) is 24.1 Å². The van der Waals surface area contributed by atoms with Gasteiger partial charge in [0.25, 0.3) is 0 Å². The molecule has 2 nitrogen and oxygen atoms in total. The van der Waals surface area contributed by atoms with Gasteiger partial charge in [0.1, 0.15) is 0 Å². The molecule has 0 aliphatic heterocycles. The smallest absolute Gasteiger partial charge is 0.219 e. The predicted molar refractivity (Wildman–Crippen MR) is 80.9 cm³/mol. The van der Waals surface area contributed by atoms with Crippen LogP contribution in [-0.2, 0) is 4.79 Å². The van der Waals surface area contributed by atoms with E-state index in [0.29, 0.717) is 0 Å². The van der Waals surface area contributed by atoms with Crippen molar-refractivity contribution in [3.05, 3.63) is 70.2 Å². The van der Waals surface area contributed by atoms with Crippen molar-refractivity contribution >= 4 is 21.8 Å². The van der Waals surface area contributed by atoms with E-state index in [1.807, 2.05) is 61.6 Å². The molecule has 2 aromatic carbocycles. The summed E-state index contributed by atoms with van der Waals surface area (Å²) in [6, 6.07) is 18.0. The maximum Gasteiger partial charge on any atom is 0.219 e. The summed E-state index contributed by atoms with van der Waals surface area (Å²) in [5, 5.41) is 0. The average molecular weight is 318 g/mol. The Kier molecular flexibility index (Phi) is 4.38.